The zero-order chi connectivity index (χ0) is 76.6. The molecular formula is C77H103N7O23. The Morgan fingerprint density at radius 2 is 1.10 bits per heavy atom. The molecule has 3 aromatic rings. The van der Waals surface area contributed by atoms with Gasteiger partial charge in [-0.25, -0.2) is 9.69 Å². The van der Waals surface area contributed by atoms with E-state index in [2.05, 4.69) is 15.6 Å². The van der Waals surface area contributed by atoms with Crippen LogP contribution in [0.4, 0.5) is 16.2 Å². The predicted octanol–water partition coefficient (Wildman–Crippen LogP) is 6.56. The largest absolute Gasteiger partial charge is 0.493 e. The number of benzene rings is 3. The van der Waals surface area contributed by atoms with E-state index >= 15 is 0 Å². The van der Waals surface area contributed by atoms with Gasteiger partial charge in [-0.3, -0.25) is 48.2 Å². The summed E-state index contributed by atoms with van der Waals surface area (Å²) in [4.78, 5) is 127. The summed E-state index contributed by atoms with van der Waals surface area (Å²) in [7, 11) is 2.97. The number of amides is 7. The van der Waals surface area contributed by atoms with E-state index < -0.39 is 54.0 Å². The van der Waals surface area contributed by atoms with Gasteiger partial charge in [0.2, 0.25) is 11.8 Å². The molecule has 0 fully saturated rings. The predicted molar refractivity (Wildman–Crippen MR) is 390 cm³/mol. The third kappa shape index (κ3) is 25.6. The highest BCUT2D eigenvalue weighted by Crippen LogP contribution is 2.43. The Kier molecular flexibility index (Phi) is 34.2. The maximum atomic E-state index is 14.3. The molecule has 5 heterocycles. The number of carbonyl (C=O) groups excluding carboxylic acids is 9. The van der Waals surface area contributed by atoms with Gasteiger partial charge in [-0.2, -0.15) is 0 Å². The van der Waals surface area contributed by atoms with E-state index in [-0.39, 0.29) is 117 Å². The van der Waals surface area contributed by atoms with E-state index in [9.17, 15) is 48.3 Å². The van der Waals surface area contributed by atoms with Crippen LogP contribution < -0.4 is 34.5 Å². The van der Waals surface area contributed by atoms with Gasteiger partial charge in [0.25, 0.3) is 23.6 Å². The van der Waals surface area contributed by atoms with Crippen molar-refractivity contribution in [3.8, 4) is 23.0 Å². The summed E-state index contributed by atoms with van der Waals surface area (Å²) < 4.78 is 73.7. The Labute approximate surface area is 624 Å². The van der Waals surface area contributed by atoms with E-state index in [4.69, 9.17) is 61.6 Å². The summed E-state index contributed by atoms with van der Waals surface area (Å²) in [6, 6.07) is 11.5. The second-order valence-electron chi connectivity index (χ2n) is 26.5. The fourth-order valence-electron chi connectivity index (χ4n) is 12.2. The first-order chi connectivity index (χ1) is 51.7. The van der Waals surface area contributed by atoms with E-state index in [1.165, 1.54) is 43.4 Å². The minimum absolute atomic E-state index is 0.0114. The van der Waals surface area contributed by atoms with Gasteiger partial charge in [0.15, 0.2) is 35.0 Å². The Bertz CT molecular complexity index is 3620. The number of imide groups is 1. The summed E-state index contributed by atoms with van der Waals surface area (Å²) >= 11 is 0. The quantitative estimate of drug-likeness (QED) is 0.0398. The smallest absolute Gasteiger partial charge is 0.416 e. The molecular weight excluding hydrogens is 1390 g/mol. The molecule has 0 aliphatic carbocycles. The molecule has 0 saturated heterocycles. The van der Waals surface area contributed by atoms with Gasteiger partial charge in [0.05, 0.1) is 174 Å². The number of anilines is 1. The molecule has 107 heavy (non-hydrogen) atoms. The number of ketones is 2. The summed E-state index contributed by atoms with van der Waals surface area (Å²) in [6.07, 6.45) is 8.33. The molecule has 5 aliphatic heterocycles. The maximum Gasteiger partial charge on any atom is 0.416 e. The minimum atomic E-state index is -1.51. The van der Waals surface area contributed by atoms with Gasteiger partial charge >= 0.3 is 6.09 Å². The number of ether oxygens (including phenoxy) is 13. The molecule has 30 heteroatoms. The molecule has 3 N–H and O–H groups in total. The van der Waals surface area contributed by atoms with Crippen LogP contribution in [-0.2, 0) is 84.4 Å². The van der Waals surface area contributed by atoms with Crippen LogP contribution in [0.15, 0.2) is 89.2 Å². The van der Waals surface area contributed by atoms with Crippen molar-refractivity contribution >= 4 is 70.7 Å². The lowest BCUT2D eigenvalue weighted by molar-refractivity contribution is -0.137. The highest BCUT2D eigenvalue weighted by Gasteiger charge is 2.45. The second-order valence-corrected chi connectivity index (χ2v) is 26.5. The molecule has 0 aromatic heterocycles. The van der Waals surface area contributed by atoms with Gasteiger partial charge in [-0.15, -0.1) is 0 Å². The summed E-state index contributed by atoms with van der Waals surface area (Å²) in [5.41, 5.74) is 4.27. The lowest BCUT2D eigenvalue weighted by Gasteiger charge is -2.31. The summed E-state index contributed by atoms with van der Waals surface area (Å²) in [5, 5.41) is 17.5. The van der Waals surface area contributed by atoms with Gasteiger partial charge in [0, 0.05) is 87.6 Å². The molecule has 0 unspecified atom stereocenters. The molecule has 3 aromatic carbocycles. The number of rotatable bonds is 50. The number of hydrogen-bond acceptors (Lipinski definition) is 24. The topological polar surface area (TPSA) is 343 Å². The van der Waals surface area contributed by atoms with Crippen molar-refractivity contribution in [2.45, 2.75) is 123 Å². The number of Topliss-reactive ketones (excluding diaryl/α,β-unsaturated/α-hetero) is 2. The molecule has 7 amide bonds. The van der Waals surface area contributed by atoms with E-state index in [0.29, 0.717) is 165 Å². The van der Waals surface area contributed by atoms with Gasteiger partial charge in [-0.1, -0.05) is 49.3 Å². The molecule has 8 rings (SSSR count). The van der Waals surface area contributed by atoms with Crippen LogP contribution in [-0.4, -0.2) is 250 Å². The average Bonchev–Trinajstić information content (AvgIpc) is 1.63. The number of nitrogens with zero attached hydrogens (tertiary/aromatic N) is 5. The molecule has 0 spiro atoms. The van der Waals surface area contributed by atoms with Crippen LogP contribution in [0.3, 0.4) is 0 Å². The molecule has 584 valence electrons. The Balaban J connectivity index is 0.649. The van der Waals surface area contributed by atoms with Crippen molar-refractivity contribution < 1.29 is 110 Å². The van der Waals surface area contributed by atoms with Crippen LogP contribution in [0.2, 0.25) is 0 Å². The highest BCUT2D eigenvalue weighted by atomic mass is 16.6. The standard InChI is InChI=1S/C77H103N7O23/c1-51(2)59(42-58(85)18-23-97-25-27-99-29-31-101-33-35-103-37-38-104-36-34-102-32-30-100-28-26-98-24-19-78-70(87)17-20-81-71(88)15-16-72(81)89)73(90)80-54(5)65(86)41-55-11-13-56(14-12-55)50-107-77(94)84-63-46-69(67(96-7)44-61(63)75(92)83-49-53(4)40-64(83)76(84)93)106-22-10-8-9-21-105-68-45-62-60(43-66(68)95-6)74(91)82-48-52(3)39-57(82)47-79-62/h11-16,43-49,51,54,57,59,64,76,93H,8-10,17-42,50H2,1-7H3,(H,78,87)(H,80,90)/t54-,57-,59-,64-,76-/m0/s1. The van der Waals surface area contributed by atoms with Crippen molar-refractivity contribution in [2.75, 3.05) is 151 Å². The average molecular weight is 1490 g/mol. The van der Waals surface area contributed by atoms with Crippen LogP contribution in [0, 0.1) is 11.8 Å². The molecule has 0 bridgehead atoms. The number of hydrogen-bond donors (Lipinski definition) is 3. The first-order valence-corrected chi connectivity index (χ1v) is 36.5. The number of aliphatic imine (C=N–C) groups is 1. The van der Waals surface area contributed by atoms with Crippen LogP contribution >= 0.6 is 0 Å². The van der Waals surface area contributed by atoms with Gasteiger partial charge in [-0.05, 0) is 82.1 Å². The maximum absolute atomic E-state index is 14.3. The fraction of sp³-hybridized carbons (Fsp3) is 0.558. The van der Waals surface area contributed by atoms with Gasteiger partial charge < -0.3 is 87.1 Å². The number of nitrogens with one attached hydrogen (secondary N) is 2. The Hall–Kier alpha value is -8.98. The minimum Gasteiger partial charge on any atom is -0.493 e. The van der Waals surface area contributed by atoms with Crippen LogP contribution in [0.25, 0.3) is 0 Å². The lowest BCUT2D eigenvalue weighted by Crippen LogP contribution is -2.50. The first kappa shape index (κ1) is 83.7. The second kappa shape index (κ2) is 43.7. The number of aliphatic hydroxyl groups excluding tert-OH is 1. The van der Waals surface area contributed by atoms with Gasteiger partial charge in [0.1, 0.15) is 12.4 Å². The fourth-order valence-corrected chi connectivity index (χ4v) is 12.2. The highest BCUT2D eigenvalue weighted by molar-refractivity contribution is 6.13. The monoisotopic (exact) mass is 1490 g/mol. The number of aliphatic hydroxyl groups is 1. The summed E-state index contributed by atoms with van der Waals surface area (Å²) in [5.74, 6) is -1.97. The Morgan fingerprint density at radius 1 is 0.589 bits per heavy atom. The first-order valence-electron chi connectivity index (χ1n) is 36.5. The molecule has 0 saturated carbocycles. The van der Waals surface area contributed by atoms with Crippen molar-refractivity contribution in [3.05, 3.63) is 106 Å². The number of methoxy groups -OCH3 is 2. The molecule has 5 aliphatic rings. The number of fused-ring (bicyclic) bond motifs is 4. The van der Waals surface area contributed by atoms with Crippen molar-refractivity contribution in [1.29, 1.82) is 0 Å². The molecule has 0 radical (unpaired) electrons. The van der Waals surface area contributed by atoms with Crippen molar-refractivity contribution in [2.24, 2.45) is 16.8 Å². The number of carbonyl (C=O) groups is 9. The third-order valence-corrected chi connectivity index (χ3v) is 18.1. The van der Waals surface area contributed by atoms with E-state index in [0.717, 1.165) is 27.4 Å². The zero-order valence-electron chi connectivity index (χ0n) is 62.3. The van der Waals surface area contributed by atoms with E-state index in [1.54, 1.807) is 60.6 Å². The zero-order valence-corrected chi connectivity index (χ0v) is 62.3. The van der Waals surface area contributed by atoms with Crippen molar-refractivity contribution in [3.63, 3.8) is 0 Å². The molecule has 5 atom stereocenters. The Morgan fingerprint density at radius 3 is 1.67 bits per heavy atom. The third-order valence-electron chi connectivity index (χ3n) is 18.1. The SMILES string of the molecule is COc1cc2c(cc1OCCCCCOc1cc3c(cc1OC)C(=O)N1C=C(C)C[C@H]1[C@H](O)N3C(=O)OCc1ccc(CC(=O)[C@H](C)NC(=O)[C@@H](CC(=O)CCOCCOCCOCCOCCOCCOCCOCCOCCNC(=O)CCN3C(=O)C=CC3=O)C(C)C)cc1)N=C[C@@H]1CC(C)=CN1C2=O. The van der Waals surface area contributed by atoms with Crippen LogP contribution in [0.1, 0.15) is 118 Å². The lowest BCUT2D eigenvalue weighted by atomic mass is 9.88. The summed E-state index contributed by atoms with van der Waals surface area (Å²) in [6.45, 7) is 15.5. The molecule has 30 nitrogen and oxygen atoms in total. The van der Waals surface area contributed by atoms with E-state index in [1.807, 2.05) is 33.9 Å². The number of unbranched alkanes of at least 4 members (excludes halogenated alkanes) is 2. The normalized spacial score (nSPS) is 17.1. The van der Waals surface area contributed by atoms with Crippen LogP contribution in [0.5, 0.6) is 23.0 Å². The van der Waals surface area contributed by atoms with Crippen molar-refractivity contribution in [1.82, 2.24) is 25.3 Å².